The summed E-state index contributed by atoms with van der Waals surface area (Å²) in [7, 11) is 0. The molecule has 16 rings (SSSR count). The summed E-state index contributed by atoms with van der Waals surface area (Å²) < 4.78 is 5.24. The zero-order valence-corrected chi connectivity index (χ0v) is 37.0. The van der Waals surface area contributed by atoms with Crippen molar-refractivity contribution in [2.75, 3.05) is 9.80 Å². The molecule has 0 aliphatic carbocycles. The van der Waals surface area contributed by atoms with E-state index in [-0.39, 0.29) is 13.4 Å². The van der Waals surface area contributed by atoms with Crippen LogP contribution in [0.4, 0.5) is 34.1 Å². The van der Waals surface area contributed by atoms with Gasteiger partial charge in [-0.3, -0.25) is 0 Å². The van der Waals surface area contributed by atoms with Crippen molar-refractivity contribution in [1.29, 1.82) is 0 Å². The molecule has 67 heavy (non-hydrogen) atoms. The van der Waals surface area contributed by atoms with Gasteiger partial charge in [0.2, 0.25) is 6.71 Å². The maximum atomic E-state index is 2.63. The van der Waals surface area contributed by atoms with Crippen molar-refractivity contribution in [3.05, 3.63) is 218 Å². The van der Waals surface area contributed by atoms with Gasteiger partial charge in [-0.05, 0) is 112 Å². The lowest BCUT2D eigenvalue weighted by Gasteiger charge is -2.41. The van der Waals surface area contributed by atoms with Crippen LogP contribution in [0.5, 0.6) is 0 Å². The minimum Gasteiger partial charge on any atom is -0.311 e. The predicted octanol–water partition coefficient (Wildman–Crippen LogP) is 11.3. The van der Waals surface area contributed by atoms with E-state index in [1.807, 2.05) is 11.8 Å². The van der Waals surface area contributed by atoms with Crippen molar-refractivity contribution >= 4 is 136 Å². The van der Waals surface area contributed by atoms with Crippen LogP contribution in [0.15, 0.2) is 228 Å². The first-order valence-electron chi connectivity index (χ1n) is 23.3. The number of aromatic nitrogens is 2. The molecule has 4 aliphatic rings. The second-order valence-electron chi connectivity index (χ2n) is 18.4. The highest BCUT2D eigenvalue weighted by Gasteiger charge is 2.44. The molecule has 0 radical (unpaired) electrons. The Morgan fingerprint density at radius 2 is 0.866 bits per heavy atom. The number of hydrogen-bond acceptors (Lipinski definition) is 3. The van der Waals surface area contributed by atoms with E-state index in [1.165, 1.54) is 109 Å². The normalized spacial score (nSPS) is 13.5. The van der Waals surface area contributed by atoms with Crippen molar-refractivity contribution in [1.82, 2.24) is 9.13 Å². The van der Waals surface area contributed by atoms with E-state index in [0.717, 1.165) is 22.7 Å². The molecule has 2 aromatic heterocycles. The van der Waals surface area contributed by atoms with Gasteiger partial charge in [-0.15, -0.1) is 0 Å². The number of anilines is 6. The molecule has 0 bridgehead atoms. The first-order chi connectivity index (χ1) is 33.3. The Kier molecular flexibility index (Phi) is 7.15. The van der Waals surface area contributed by atoms with E-state index in [0.29, 0.717) is 0 Å². The van der Waals surface area contributed by atoms with Gasteiger partial charge in [0.1, 0.15) is 0 Å². The number of fused-ring (bicyclic) bond motifs is 14. The molecule has 12 aromatic rings. The molecule has 4 aliphatic heterocycles. The van der Waals surface area contributed by atoms with Crippen LogP contribution >= 0.6 is 11.8 Å². The highest BCUT2D eigenvalue weighted by molar-refractivity contribution is 8.00. The van der Waals surface area contributed by atoms with Gasteiger partial charge >= 0.3 is 0 Å². The SMILES string of the molecule is c1ccc(N(c2ccccc2)c2cc3c4c(c2)-n2c5cc6c(cc5c5cccc(c52)B4c2ccccc2N3c2ccccc2)c2cccc3c2n6-c2cccc4c2B3c2ccccc2S4)cc1. The van der Waals surface area contributed by atoms with E-state index in [2.05, 4.69) is 237 Å². The van der Waals surface area contributed by atoms with Gasteiger partial charge in [0.15, 0.2) is 0 Å². The average molecular weight is 867 g/mol. The number of rotatable bonds is 4. The molecule has 0 amide bonds. The van der Waals surface area contributed by atoms with Gasteiger partial charge in [-0.25, -0.2) is 0 Å². The second-order valence-corrected chi connectivity index (χ2v) is 19.5. The zero-order chi connectivity index (χ0) is 43.5. The summed E-state index contributed by atoms with van der Waals surface area (Å²) in [6.45, 7) is 0.211. The topological polar surface area (TPSA) is 16.3 Å². The van der Waals surface area contributed by atoms with Gasteiger partial charge in [0.05, 0.1) is 16.7 Å². The monoisotopic (exact) mass is 866 g/mol. The Balaban J connectivity index is 1.05. The predicted molar refractivity (Wildman–Crippen MR) is 284 cm³/mol. The van der Waals surface area contributed by atoms with Crippen LogP contribution in [-0.2, 0) is 0 Å². The van der Waals surface area contributed by atoms with E-state index in [9.17, 15) is 0 Å². The van der Waals surface area contributed by atoms with E-state index in [1.54, 1.807) is 0 Å². The molecule has 4 nitrogen and oxygen atoms in total. The van der Waals surface area contributed by atoms with Crippen LogP contribution in [-0.4, -0.2) is 22.6 Å². The van der Waals surface area contributed by atoms with Gasteiger partial charge in [0, 0.05) is 82.2 Å². The number of nitrogens with zero attached hydrogens (tertiary/aromatic N) is 4. The quantitative estimate of drug-likeness (QED) is 0.164. The van der Waals surface area contributed by atoms with Crippen LogP contribution < -0.4 is 42.6 Å². The van der Waals surface area contributed by atoms with Gasteiger partial charge in [-0.2, -0.15) is 0 Å². The summed E-state index contributed by atoms with van der Waals surface area (Å²) >= 11 is 1.91. The lowest BCUT2D eigenvalue weighted by atomic mass is 9.34. The van der Waals surface area contributed by atoms with Crippen molar-refractivity contribution < 1.29 is 0 Å². The highest BCUT2D eigenvalue weighted by Crippen LogP contribution is 2.47. The first-order valence-corrected chi connectivity index (χ1v) is 24.1. The molecule has 0 fully saturated rings. The van der Waals surface area contributed by atoms with E-state index in [4.69, 9.17) is 0 Å². The fraction of sp³-hybridized carbons (Fsp3) is 0. The maximum Gasteiger partial charge on any atom is 0.252 e. The van der Waals surface area contributed by atoms with Crippen LogP contribution in [0.1, 0.15) is 0 Å². The molecule has 0 spiro atoms. The van der Waals surface area contributed by atoms with Gasteiger partial charge in [-0.1, -0.05) is 151 Å². The molecule has 0 N–H and O–H groups in total. The van der Waals surface area contributed by atoms with E-state index < -0.39 is 0 Å². The second kappa shape index (κ2) is 13.3. The van der Waals surface area contributed by atoms with Gasteiger partial charge in [0.25, 0.3) is 6.71 Å². The van der Waals surface area contributed by atoms with Crippen LogP contribution in [0.25, 0.3) is 55.0 Å². The Morgan fingerprint density at radius 1 is 0.343 bits per heavy atom. The average Bonchev–Trinajstić information content (AvgIpc) is 3.89. The Hall–Kier alpha value is -8.12. The van der Waals surface area contributed by atoms with E-state index >= 15 is 0 Å². The molecule has 10 aromatic carbocycles. The lowest BCUT2D eigenvalue weighted by molar-refractivity contribution is 1.15. The molecular formula is C60H36B2N4S. The molecule has 6 heterocycles. The van der Waals surface area contributed by atoms with Gasteiger partial charge < -0.3 is 18.9 Å². The molecular weight excluding hydrogens is 830 g/mol. The molecule has 0 atom stereocenters. The fourth-order valence-electron chi connectivity index (χ4n) is 12.6. The summed E-state index contributed by atoms with van der Waals surface area (Å²) in [6.07, 6.45) is 0. The molecule has 7 heteroatoms. The smallest absolute Gasteiger partial charge is 0.252 e. The molecule has 0 unspecified atom stereocenters. The van der Waals surface area contributed by atoms with Crippen molar-refractivity contribution in [3.63, 3.8) is 0 Å². The number of hydrogen-bond donors (Lipinski definition) is 0. The standard InChI is InChI=1S/C60H36B2N4S/c1-4-17-37(18-5-1)63(38-19-6-2-7-20-38)40-33-53-57-54(34-40)66-52-36-51-43(41-23-15-28-48-59(41)65(51)50-30-16-32-56-58(50)62(48)46-26-11-13-31-55(46)67-56)35-44(52)42-24-14-27-47(60(42)66)61(57)45-25-10-12-29-49(45)64(53)39-21-8-3-9-22-39/h1-36H. The van der Waals surface area contributed by atoms with Crippen molar-refractivity contribution in [2.45, 2.75) is 9.79 Å². The summed E-state index contributed by atoms with van der Waals surface area (Å²) in [5.74, 6) is 0. The molecule has 0 saturated carbocycles. The Bertz CT molecular complexity index is 4070. The van der Waals surface area contributed by atoms with Crippen molar-refractivity contribution in [3.8, 4) is 11.4 Å². The number of benzene rings is 10. The summed E-state index contributed by atoms with van der Waals surface area (Å²) in [4.78, 5) is 7.63. The van der Waals surface area contributed by atoms with Crippen LogP contribution in [0.2, 0.25) is 0 Å². The first kappa shape index (κ1) is 36.1. The van der Waals surface area contributed by atoms with Crippen LogP contribution in [0, 0.1) is 0 Å². The van der Waals surface area contributed by atoms with Crippen molar-refractivity contribution in [2.24, 2.45) is 0 Å². The maximum absolute atomic E-state index is 2.63. The largest absolute Gasteiger partial charge is 0.311 e. The highest BCUT2D eigenvalue weighted by atomic mass is 32.2. The van der Waals surface area contributed by atoms with Crippen LogP contribution in [0.3, 0.4) is 0 Å². The minimum atomic E-state index is 0.0306. The Labute approximate surface area is 392 Å². The number of para-hydroxylation sites is 6. The lowest BCUT2D eigenvalue weighted by Crippen LogP contribution is -2.60. The Morgan fingerprint density at radius 3 is 1.57 bits per heavy atom. The third-order valence-electron chi connectivity index (χ3n) is 15.1. The minimum absolute atomic E-state index is 0.0306. The summed E-state index contributed by atoms with van der Waals surface area (Å²) in [5, 5.41) is 5.16. The summed E-state index contributed by atoms with van der Waals surface area (Å²) in [6, 6.07) is 81.7. The third kappa shape index (κ3) is 4.71. The third-order valence-corrected chi connectivity index (χ3v) is 16.3. The molecule has 0 saturated heterocycles. The zero-order valence-electron chi connectivity index (χ0n) is 36.1. The molecule has 308 valence electrons. The fourth-order valence-corrected chi connectivity index (χ4v) is 13.7. The summed E-state index contributed by atoms with van der Waals surface area (Å²) in [5.41, 5.74) is 22.6.